The normalized spacial score (nSPS) is 17.3. The highest BCUT2D eigenvalue weighted by atomic mass is 16.7. The van der Waals surface area contributed by atoms with Gasteiger partial charge >= 0.3 is 6.16 Å². The summed E-state index contributed by atoms with van der Waals surface area (Å²) in [4.78, 5) is 11.3. The first-order chi connectivity index (χ1) is 8.01. The lowest BCUT2D eigenvalue weighted by Gasteiger charge is -2.18. The molecular weight excluding hydrogens is 216 g/mol. The van der Waals surface area contributed by atoms with Crippen LogP contribution in [0.2, 0.25) is 0 Å². The van der Waals surface area contributed by atoms with E-state index in [1.165, 1.54) is 6.42 Å². The van der Waals surface area contributed by atoms with Gasteiger partial charge in [-0.25, -0.2) is 4.79 Å². The van der Waals surface area contributed by atoms with Crippen LogP contribution in [0.15, 0.2) is 0 Å². The van der Waals surface area contributed by atoms with Crippen LogP contribution in [-0.2, 0) is 9.47 Å². The Morgan fingerprint density at radius 1 is 1.18 bits per heavy atom. The van der Waals surface area contributed by atoms with Gasteiger partial charge in [-0.1, -0.05) is 34.1 Å². The quantitative estimate of drug-likeness (QED) is 0.683. The summed E-state index contributed by atoms with van der Waals surface area (Å²) in [5.74, 6) is 0.339. The van der Waals surface area contributed by atoms with Gasteiger partial charge in [-0.05, 0) is 38.5 Å². The molecule has 0 saturated heterocycles. The van der Waals surface area contributed by atoms with E-state index in [0.717, 1.165) is 25.7 Å². The first-order valence-electron chi connectivity index (χ1n) is 6.88. The third-order valence-corrected chi connectivity index (χ3v) is 2.79. The SMILES string of the molecule is CC(C)C(C)OC(=O)OC1CCCC1.CCC. The molecule has 3 nitrogen and oxygen atoms in total. The van der Waals surface area contributed by atoms with Gasteiger partial charge < -0.3 is 9.47 Å². The maximum Gasteiger partial charge on any atom is 0.508 e. The number of carbonyl (C=O) groups excluding carboxylic acids is 1. The number of carbonyl (C=O) groups is 1. The molecule has 1 rings (SSSR count). The highest BCUT2D eigenvalue weighted by Crippen LogP contribution is 2.21. The molecule has 1 atom stereocenters. The van der Waals surface area contributed by atoms with Crippen LogP contribution in [0.3, 0.4) is 0 Å². The summed E-state index contributed by atoms with van der Waals surface area (Å²) < 4.78 is 10.3. The van der Waals surface area contributed by atoms with Gasteiger partial charge in [0.25, 0.3) is 0 Å². The average molecular weight is 244 g/mol. The van der Waals surface area contributed by atoms with E-state index in [0.29, 0.717) is 5.92 Å². The van der Waals surface area contributed by atoms with E-state index in [1.54, 1.807) is 0 Å². The summed E-state index contributed by atoms with van der Waals surface area (Å²) in [6.45, 7) is 10.2. The largest absolute Gasteiger partial charge is 0.508 e. The zero-order chi connectivity index (χ0) is 13.3. The topological polar surface area (TPSA) is 35.5 Å². The summed E-state index contributed by atoms with van der Waals surface area (Å²) in [6.07, 6.45) is 5.09. The lowest BCUT2D eigenvalue weighted by atomic mass is 10.1. The van der Waals surface area contributed by atoms with E-state index in [-0.39, 0.29) is 12.2 Å². The van der Waals surface area contributed by atoms with Gasteiger partial charge in [-0.3, -0.25) is 0 Å². The van der Waals surface area contributed by atoms with Crippen LogP contribution >= 0.6 is 0 Å². The number of rotatable bonds is 3. The summed E-state index contributed by atoms with van der Waals surface area (Å²) >= 11 is 0. The number of ether oxygens (including phenoxy) is 2. The van der Waals surface area contributed by atoms with Crippen molar-refractivity contribution in [3.63, 3.8) is 0 Å². The van der Waals surface area contributed by atoms with E-state index >= 15 is 0 Å². The Kier molecular flexibility index (Phi) is 8.92. The van der Waals surface area contributed by atoms with E-state index < -0.39 is 6.16 Å². The molecule has 0 aromatic heterocycles. The highest BCUT2D eigenvalue weighted by molar-refractivity contribution is 5.60. The van der Waals surface area contributed by atoms with Crippen LogP contribution in [0.5, 0.6) is 0 Å². The molecule has 0 spiro atoms. The van der Waals surface area contributed by atoms with E-state index in [1.807, 2.05) is 20.8 Å². The molecule has 1 saturated carbocycles. The van der Waals surface area contributed by atoms with Crippen LogP contribution in [0.1, 0.15) is 66.7 Å². The van der Waals surface area contributed by atoms with E-state index in [4.69, 9.17) is 9.47 Å². The van der Waals surface area contributed by atoms with Crippen LogP contribution < -0.4 is 0 Å². The molecule has 1 aliphatic carbocycles. The molecule has 0 aliphatic heterocycles. The fraction of sp³-hybridized carbons (Fsp3) is 0.929. The van der Waals surface area contributed by atoms with Crippen molar-refractivity contribution in [3.05, 3.63) is 0 Å². The zero-order valence-electron chi connectivity index (χ0n) is 12.0. The molecule has 0 aromatic carbocycles. The Bertz CT molecular complexity index is 190. The van der Waals surface area contributed by atoms with Crippen LogP contribution in [0, 0.1) is 5.92 Å². The molecular formula is C14H28O3. The van der Waals surface area contributed by atoms with Crippen LogP contribution in [0.25, 0.3) is 0 Å². The van der Waals surface area contributed by atoms with Gasteiger partial charge in [-0.15, -0.1) is 0 Å². The second-order valence-corrected chi connectivity index (χ2v) is 5.05. The van der Waals surface area contributed by atoms with Gasteiger partial charge in [0.1, 0.15) is 12.2 Å². The summed E-state index contributed by atoms with van der Waals surface area (Å²) in [5.41, 5.74) is 0. The first-order valence-corrected chi connectivity index (χ1v) is 6.88. The van der Waals surface area contributed by atoms with Crippen molar-refractivity contribution in [2.45, 2.75) is 78.9 Å². The highest BCUT2D eigenvalue weighted by Gasteiger charge is 2.21. The Hall–Kier alpha value is -0.730. The second-order valence-electron chi connectivity index (χ2n) is 5.05. The fourth-order valence-electron chi connectivity index (χ4n) is 1.46. The number of hydrogen-bond donors (Lipinski definition) is 0. The molecule has 0 radical (unpaired) electrons. The monoisotopic (exact) mass is 244 g/mol. The Morgan fingerprint density at radius 2 is 1.65 bits per heavy atom. The molecule has 1 aliphatic rings. The lowest BCUT2D eigenvalue weighted by Crippen LogP contribution is -2.23. The third kappa shape index (κ3) is 8.06. The van der Waals surface area contributed by atoms with Gasteiger partial charge in [0.2, 0.25) is 0 Å². The summed E-state index contributed by atoms with van der Waals surface area (Å²) in [5, 5.41) is 0. The standard InChI is InChI=1S/C11H20O3.C3H8/c1-8(2)9(3)13-11(12)14-10-6-4-5-7-10;1-3-2/h8-10H,4-7H2,1-3H3;3H2,1-2H3. The Balaban J connectivity index is 0.000000770. The van der Waals surface area contributed by atoms with Gasteiger partial charge in [-0.2, -0.15) is 0 Å². The smallest absolute Gasteiger partial charge is 0.431 e. The van der Waals surface area contributed by atoms with Crippen molar-refractivity contribution >= 4 is 6.16 Å². The first kappa shape index (κ1) is 16.3. The molecule has 0 amide bonds. The minimum Gasteiger partial charge on any atom is -0.431 e. The lowest BCUT2D eigenvalue weighted by molar-refractivity contribution is -0.00660. The van der Waals surface area contributed by atoms with Crippen molar-refractivity contribution in [2.24, 2.45) is 5.92 Å². The molecule has 0 heterocycles. The Morgan fingerprint density at radius 3 is 2.06 bits per heavy atom. The van der Waals surface area contributed by atoms with Crippen molar-refractivity contribution in [1.82, 2.24) is 0 Å². The molecule has 1 fully saturated rings. The average Bonchev–Trinajstić information content (AvgIpc) is 2.71. The van der Waals surface area contributed by atoms with Crippen LogP contribution in [-0.4, -0.2) is 18.4 Å². The van der Waals surface area contributed by atoms with Crippen molar-refractivity contribution in [2.75, 3.05) is 0 Å². The molecule has 102 valence electrons. The van der Waals surface area contributed by atoms with Crippen molar-refractivity contribution in [3.8, 4) is 0 Å². The molecule has 0 N–H and O–H groups in total. The molecule has 1 unspecified atom stereocenters. The minimum atomic E-state index is -0.502. The molecule has 3 heteroatoms. The van der Waals surface area contributed by atoms with Gasteiger partial charge in [0.05, 0.1) is 0 Å². The second kappa shape index (κ2) is 9.32. The summed E-state index contributed by atoms with van der Waals surface area (Å²) in [7, 11) is 0. The van der Waals surface area contributed by atoms with Crippen molar-refractivity contribution in [1.29, 1.82) is 0 Å². The van der Waals surface area contributed by atoms with Crippen LogP contribution in [0.4, 0.5) is 4.79 Å². The van der Waals surface area contributed by atoms with Gasteiger partial charge in [0, 0.05) is 0 Å². The van der Waals surface area contributed by atoms with E-state index in [2.05, 4.69) is 13.8 Å². The van der Waals surface area contributed by atoms with Crippen molar-refractivity contribution < 1.29 is 14.3 Å². The molecule has 17 heavy (non-hydrogen) atoms. The predicted molar refractivity (Wildman–Crippen MR) is 70.1 cm³/mol. The maximum atomic E-state index is 11.3. The fourth-order valence-corrected chi connectivity index (χ4v) is 1.46. The zero-order valence-corrected chi connectivity index (χ0v) is 12.0. The third-order valence-electron chi connectivity index (χ3n) is 2.79. The van der Waals surface area contributed by atoms with Gasteiger partial charge in [0.15, 0.2) is 0 Å². The predicted octanol–water partition coefficient (Wildman–Crippen LogP) is 4.54. The number of hydrogen-bond acceptors (Lipinski definition) is 3. The molecule has 0 bridgehead atoms. The summed E-state index contributed by atoms with van der Waals surface area (Å²) in [6, 6.07) is 0. The Labute approximate surface area is 106 Å². The molecule has 0 aromatic rings. The van der Waals surface area contributed by atoms with E-state index in [9.17, 15) is 4.79 Å². The maximum absolute atomic E-state index is 11.3. The minimum absolute atomic E-state index is 0.0658.